The Hall–Kier alpha value is -2.24. The molecule has 0 bridgehead atoms. The average molecular weight is 388 g/mol. The first-order valence-electron chi connectivity index (χ1n) is 9.35. The van der Waals surface area contributed by atoms with Crippen LogP contribution in [0.25, 0.3) is 0 Å². The van der Waals surface area contributed by atoms with Crippen LogP contribution in [0.4, 0.5) is 5.69 Å². The maximum Gasteiger partial charge on any atom is 0.260 e. The van der Waals surface area contributed by atoms with Gasteiger partial charge < -0.3 is 14.5 Å². The van der Waals surface area contributed by atoms with E-state index in [1.54, 1.807) is 0 Å². The van der Waals surface area contributed by atoms with Crippen LogP contribution in [0.2, 0.25) is 0 Å². The van der Waals surface area contributed by atoms with Gasteiger partial charge in [-0.1, -0.05) is 30.3 Å². The Morgan fingerprint density at radius 3 is 2.33 bits per heavy atom. The van der Waals surface area contributed by atoms with Crippen molar-refractivity contribution >= 4 is 24.0 Å². The predicted molar refractivity (Wildman–Crippen MR) is 110 cm³/mol. The molecule has 6 heteroatoms. The number of benzene rings is 2. The van der Waals surface area contributed by atoms with Gasteiger partial charge in [-0.3, -0.25) is 9.69 Å². The minimum atomic E-state index is 0. The molecule has 0 aromatic heterocycles. The van der Waals surface area contributed by atoms with Gasteiger partial charge in [0.1, 0.15) is 5.75 Å². The summed E-state index contributed by atoms with van der Waals surface area (Å²) in [4.78, 5) is 19.3. The summed E-state index contributed by atoms with van der Waals surface area (Å²) < 4.78 is 5.70. The van der Waals surface area contributed by atoms with Crippen LogP contribution in [0, 0.1) is 0 Å². The molecule has 0 radical (unpaired) electrons. The van der Waals surface area contributed by atoms with Crippen molar-refractivity contribution in [1.82, 2.24) is 9.80 Å². The zero-order chi connectivity index (χ0) is 17.8. The average Bonchev–Trinajstić information content (AvgIpc) is 2.71. The number of amides is 1. The van der Waals surface area contributed by atoms with Crippen LogP contribution in [0.5, 0.6) is 5.75 Å². The molecule has 0 N–H and O–H groups in total. The van der Waals surface area contributed by atoms with E-state index in [1.165, 1.54) is 5.69 Å². The molecule has 5 nitrogen and oxygen atoms in total. The van der Waals surface area contributed by atoms with E-state index >= 15 is 0 Å². The number of anilines is 1. The Labute approximate surface area is 166 Å². The molecule has 2 aliphatic rings. The van der Waals surface area contributed by atoms with E-state index < -0.39 is 0 Å². The molecule has 2 aliphatic heterocycles. The van der Waals surface area contributed by atoms with E-state index in [2.05, 4.69) is 40.1 Å². The van der Waals surface area contributed by atoms with Gasteiger partial charge in [-0.2, -0.15) is 0 Å². The zero-order valence-corrected chi connectivity index (χ0v) is 16.2. The number of halogens is 1. The van der Waals surface area contributed by atoms with Gasteiger partial charge in [-0.15, -0.1) is 12.4 Å². The highest BCUT2D eigenvalue weighted by molar-refractivity contribution is 5.97. The fourth-order valence-corrected chi connectivity index (χ4v) is 3.67. The van der Waals surface area contributed by atoms with Crippen LogP contribution in [-0.4, -0.2) is 61.7 Å². The third-order valence-electron chi connectivity index (χ3n) is 5.18. The lowest BCUT2D eigenvalue weighted by atomic mass is 10.1. The summed E-state index contributed by atoms with van der Waals surface area (Å²) in [7, 11) is 0. The van der Waals surface area contributed by atoms with Gasteiger partial charge in [0.2, 0.25) is 0 Å². The molecule has 0 atom stereocenters. The lowest BCUT2D eigenvalue weighted by Crippen LogP contribution is -2.47. The van der Waals surface area contributed by atoms with Gasteiger partial charge in [0, 0.05) is 38.4 Å². The van der Waals surface area contributed by atoms with E-state index in [-0.39, 0.29) is 18.3 Å². The quantitative estimate of drug-likeness (QED) is 0.789. The number of ether oxygens (including phenoxy) is 1. The van der Waals surface area contributed by atoms with Crippen molar-refractivity contribution in [2.45, 2.75) is 6.42 Å². The van der Waals surface area contributed by atoms with Crippen LogP contribution in [-0.2, 0) is 0 Å². The van der Waals surface area contributed by atoms with Crippen molar-refractivity contribution in [2.75, 3.05) is 50.9 Å². The molecule has 27 heavy (non-hydrogen) atoms. The fourth-order valence-electron chi connectivity index (χ4n) is 3.67. The minimum absolute atomic E-state index is 0. The molecule has 2 heterocycles. The molecule has 1 fully saturated rings. The van der Waals surface area contributed by atoms with E-state index in [1.807, 2.05) is 29.2 Å². The fraction of sp³-hybridized carbons (Fsp3) is 0.381. The molecule has 2 aromatic rings. The second-order valence-corrected chi connectivity index (χ2v) is 6.86. The van der Waals surface area contributed by atoms with Gasteiger partial charge in [0.05, 0.1) is 5.56 Å². The number of carbonyl (C=O) groups is 1. The Kier molecular flexibility index (Phi) is 6.58. The molecule has 4 rings (SSSR count). The van der Waals surface area contributed by atoms with Crippen LogP contribution in [0.1, 0.15) is 16.8 Å². The Balaban J connectivity index is 0.00000210. The Bertz CT molecular complexity index is 748. The number of hydrogen-bond donors (Lipinski definition) is 0. The molecule has 0 spiro atoms. The summed E-state index contributed by atoms with van der Waals surface area (Å²) in [5, 5.41) is 0. The lowest BCUT2D eigenvalue weighted by molar-refractivity contribution is 0.0509. The third kappa shape index (κ3) is 4.54. The lowest BCUT2D eigenvalue weighted by Gasteiger charge is -2.36. The number of piperazine rings is 1. The van der Waals surface area contributed by atoms with Gasteiger partial charge in [-0.25, -0.2) is 0 Å². The monoisotopic (exact) mass is 387 g/mol. The van der Waals surface area contributed by atoms with Gasteiger partial charge >= 0.3 is 0 Å². The highest BCUT2D eigenvalue weighted by atomic mass is 35.5. The van der Waals surface area contributed by atoms with Crippen molar-refractivity contribution < 1.29 is 9.53 Å². The summed E-state index contributed by atoms with van der Waals surface area (Å²) in [6.07, 6.45) is 0.975. The summed E-state index contributed by atoms with van der Waals surface area (Å²) in [6.45, 7) is 6.38. The van der Waals surface area contributed by atoms with E-state index in [9.17, 15) is 4.79 Å². The standard InChI is InChI=1S/C21H25N3O2.ClH/c25-21-19-9-4-5-10-20(19)26-17-24(21)12-6-11-22-13-15-23(16-14-22)18-7-2-1-3-8-18;/h1-5,7-10H,6,11-17H2;1H. The first-order chi connectivity index (χ1) is 12.8. The van der Waals surface area contributed by atoms with Crippen LogP contribution < -0.4 is 9.64 Å². The Morgan fingerprint density at radius 1 is 0.852 bits per heavy atom. The van der Waals surface area contributed by atoms with Crippen molar-refractivity contribution in [3.8, 4) is 5.75 Å². The molecule has 0 aliphatic carbocycles. The van der Waals surface area contributed by atoms with Crippen molar-refractivity contribution in [3.63, 3.8) is 0 Å². The SMILES string of the molecule is Cl.O=C1c2ccccc2OCN1CCCN1CCN(c2ccccc2)CC1. The maximum atomic E-state index is 12.5. The normalized spacial score (nSPS) is 17.1. The van der Waals surface area contributed by atoms with Crippen molar-refractivity contribution in [2.24, 2.45) is 0 Å². The topological polar surface area (TPSA) is 36.0 Å². The number of rotatable bonds is 5. The third-order valence-corrected chi connectivity index (χ3v) is 5.18. The summed E-state index contributed by atoms with van der Waals surface area (Å²) >= 11 is 0. The number of carbonyl (C=O) groups excluding carboxylic acids is 1. The summed E-state index contributed by atoms with van der Waals surface area (Å²) in [5.74, 6) is 0.784. The molecule has 0 unspecified atom stereocenters. The first kappa shape index (κ1) is 19.5. The predicted octanol–water partition coefficient (Wildman–Crippen LogP) is 3.11. The van der Waals surface area contributed by atoms with E-state index in [0.29, 0.717) is 18.0 Å². The molecule has 0 saturated carbocycles. The molecular formula is C21H26ClN3O2. The smallest absolute Gasteiger partial charge is 0.260 e. The van der Waals surface area contributed by atoms with E-state index in [4.69, 9.17) is 4.74 Å². The molecular weight excluding hydrogens is 362 g/mol. The minimum Gasteiger partial charge on any atom is -0.472 e. The first-order valence-corrected chi connectivity index (χ1v) is 9.35. The highest BCUT2D eigenvalue weighted by Crippen LogP contribution is 2.24. The number of nitrogens with zero attached hydrogens (tertiary/aromatic N) is 3. The van der Waals surface area contributed by atoms with Crippen LogP contribution in [0.3, 0.4) is 0 Å². The van der Waals surface area contributed by atoms with Gasteiger partial charge in [0.25, 0.3) is 5.91 Å². The van der Waals surface area contributed by atoms with Crippen LogP contribution >= 0.6 is 12.4 Å². The van der Waals surface area contributed by atoms with Crippen LogP contribution in [0.15, 0.2) is 54.6 Å². The van der Waals surface area contributed by atoms with E-state index in [0.717, 1.165) is 45.7 Å². The molecule has 144 valence electrons. The zero-order valence-electron chi connectivity index (χ0n) is 15.4. The molecule has 2 aromatic carbocycles. The second-order valence-electron chi connectivity index (χ2n) is 6.86. The highest BCUT2D eigenvalue weighted by Gasteiger charge is 2.25. The van der Waals surface area contributed by atoms with Crippen molar-refractivity contribution in [3.05, 3.63) is 60.2 Å². The summed E-state index contributed by atoms with van der Waals surface area (Å²) in [5.41, 5.74) is 1.98. The molecule has 1 saturated heterocycles. The number of fused-ring (bicyclic) bond motifs is 1. The second kappa shape index (κ2) is 9.11. The Morgan fingerprint density at radius 2 is 1.56 bits per heavy atom. The molecule has 1 amide bonds. The van der Waals surface area contributed by atoms with Crippen molar-refractivity contribution in [1.29, 1.82) is 0 Å². The maximum absolute atomic E-state index is 12.5. The van der Waals surface area contributed by atoms with Gasteiger partial charge in [0.15, 0.2) is 6.73 Å². The number of hydrogen-bond acceptors (Lipinski definition) is 4. The number of para-hydroxylation sites is 2. The van der Waals surface area contributed by atoms with Gasteiger partial charge in [-0.05, 0) is 37.2 Å². The largest absolute Gasteiger partial charge is 0.472 e. The summed E-state index contributed by atoms with van der Waals surface area (Å²) in [6, 6.07) is 18.1.